The molecule has 0 radical (unpaired) electrons. The first-order valence-electron chi connectivity index (χ1n) is 12.4. The van der Waals surface area contributed by atoms with Crippen LogP contribution in [0, 0.1) is 12.7 Å². The molecule has 1 aliphatic heterocycles. The van der Waals surface area contributed by atoms with Crippen LogP contribution in [-0.2, 0) is 21.4 Å². The summed E-state index contributed by atoms with van der Waals surface area (Å²) in [6.07, 6.45) is 4.34. The molecule has 1 atom stereocenters. The number of nitrogen functional groups attached to an aromatic ring is 1. The lowest BCUT2D eigenvalue weighted by Gasteiger charge is -2.32. The maximum atomic E-state index is 14.2. The second kappa shape index (κ2) is 10.5. The van der Waals surface area contributed by atoms with Crippen molar-refractivity contribution in [2.24, 2.45) is 0 Å². The van der Waals surface area contributed by atoms with E-state index in [0.717, 1.165) is 18.4 Å². The third-order valence-electron chi connectivity index (χ3n) is 6.82. The Morgan fingerprint density at radius 3 is 2.72 bits per heavy atom. The van der Waals surface area contributed by atoms with Crippen molar-refractivity contribution in [2.75, 3.05) is 18.8 Å². The van der Waals surface area contributed by atoms with Crippen molar-refractivity contribution < 1.29 is 17.6 Å². The average molecular weight is 550 g/mol. The Labute approximate surface area is 225 Å². The van der Waals surface area contributed by atoms with Crippen molar-refractivity contribution in [2.45, 2.75) is 37.2 Å². The number of amides is 1. The van der Waals surface area contributed by atoms with E-state index in [-0.39, 0.29) is 24.3 Å². The summed E-state index contributed by atoms with van der Waals surface area (Å²) in [7, 11) is -4.03. The first kappa shape index (κ1) is 26.4. The molecule has 39 heavy (non-hydrogen) atoms. The molecule has 2 aromatic carbocycles. The monoisotopic (exact) mass is 549 g/mol. The van der Waals surface area contributed by atoms with Gasteiger partial charge in [0.25, 0.3) is 0 Å². The standard InChI is InChI=1S/C27H28FN7O3S/c1-3-23(36)34-12-4-5-20(15-34)35-27-24(26(29)30-16-31-27)25(33-35)19-9-7-18(8-10-19)14-32-39(37,38)22-11-6-17(2)13-21(22)28/h3,6-11,13,16,20,32H,1,4-5,12,14-15H2,2H3,(H2,29,30,31)/t20-/m1/s1. The van der Waals surface area contributed by atoms with Crippen molar-refractivity contribution in [1.82, 2.24) is 29.4 Å². The molecule has 0 aliphatic carbocycles. The van der Waals surface area contributed by atoms with Crippen LogP contribution in [0.15, 0.2) is 66.3 Å². The van der Waals surface area contributed by atoms with E-state index in [1.807, 2.05) is 16.8 Å². The smallest absolute Gasteiger partial charge is 0.246 e. The molecule has 3 N–H and O–H groups in total. The molecular formula is C27H28FN7O3S. The van der Waals surface area contributed by atoms with Gasteiger partial charge in [0.15, 0.2) is 5.65 Å². The van der Waals surface area contributed by atoms with Crippen LogP contribution in [0.3, 0.4) is 0 Å². The predicted octanol–water partition coefficient (Wildman–Crippen LogP) is 3.35. The van der Waals surface area contributed by atoms with Gasteiger partial charge in [0.2, 0.25) is 15.9 Å². The fourth-order valence-electron chi connectivity index (χ4n) is 4.80. The number of anilines is 1. The summed E-state index contributed by atoms with van der Waals surface area (Å²) in [5.41, 5.74) is 9.46. The Kier molecular flexibility index (Phi) is 7.15. The molecule has 2 aromatic heterocycles. The molecule has 4 aromatic rings. The van der Waals surface area contributed by atoms with Crippen molar-refractivity contribution in [3.05, 3.63) is 78.4 Å². The number of sulfonamides is 1. The van der Waals surface area contributed by atoms with Crippen molar-refractivity contribution in [1.29, 1.82) is 0 Å². The molecule has 5 rings (SSSR count). The summed E-state index contributed by atoms with van der Waals surface area (Å²) in [5, 5.41) is 5.46. The number of hydrogen-bond acceptors (Lipinski definition) is 7. The van der Waals surface area contributed by atoms with Crippen molar-refractivity contribution >= 4 is 32.8 Å². The van der Waals surface area contributed by atoms with Gasteiger partial charge in [-0.2, -0.15) is 5.10 Å². The molecule has 1 saturated heterocycles. The van der Waals surface area contributed by atoms with Gasteiger partial charge in [0.1, 0.15) is 28.6 Å². The lowest BCUT2D eigenvalue weighted by Crippen LogP contribution is -2.40. The van der Waals surface area contributed by atoms with Gasteiger partial charge in [-0.15, -0.1) is 0 Å². The maximum Gasteiger partial charge on any atom is 0.246 e. The number of nitrogens with two attached hydrogens (primary N) is 1. The fourth-order valence-corrected chi connectivity index (χ4v) is 5.87. The van der Waals surface area contributed by atoms with Crippen LogP contribution in [0.25, 0.3) is 22.3 Å². The molecule has 202 valence electrons. The number of aromatic nitrogens is 4. The fraction of sp³-hybridized carbons (Fsp3) is 0.259. The van der Waals surface area contributed by atoms with Gasteiger partial charge in [-0.25, -0.2) is 32.2 Å². The van der Waals surface area contributed by atoms with E-state index in [9.17, 15) is 17.6 Å². The number of fused-ring (bicyclic) bond motifs is 1. The number of piperidine rings is 1. The Morgan fingerprint density at radius 1 is 1.23 bits per heavy atom. The van der Waals surface area contributed by atoms with Crippen LogP contribution in [0.4, 0.5) is 10.2 Å². The van der Waals surface area contributed by atoms with Crippen LogP contribution in [0.1, 0.15) is 30.0 Å². The summed E-state index contributed by atoms with van der Waals surface area (Å²) < 4.78 is 43.7. The maximum absolute atomic E-state index is 14.2. The van der Waals surface area contributed by atoms with Crippen molar-refractivity contribution in [3.63, 3.8) is 0 Å². The van der Waals surface area contributed by atoms with E-state index < -0.39 is 20.7 Å². The lowest BCUT2D eigenvalue weighted by molar-refractivity contribution is -0.127. The minimum absolute atomic E-state index is 0.0222. The Hall–Kier alpha value is -4.16. The Balaban J connectivity index is 1.41. The third-order valence-corrected chi connectivity index (χ3v) is 8.25. The Morgan fingerprint density at radius 2 is 2.00 bits per heavy atom. The average Bonchev–Trinajstić information content (AvgIpc) is 3.33. The molecule has 3 heterocycles. The highest BCUT2D eigenvalue weighted by Crippen LogP contribution is 2.34. The number of benzene rings is 2. The first-order chi connectivity index (χ1) is 18.7. The van der Waals surface area contributed by atoms with Gasteiger partial charge in [0.05, 0.1) is 11.4 Å². The zero-order valence-electron chi connectivity index (χ0n) is 21.3. The van der Waals surface area contributed by atoms with Crippen LogP contribution in [-0.4, -0.2) is 52.1 Å². The minimum Gasteiger partial charge on any atom is -0.383 e. The van der Waals surface area contributed by atoms with Gasteiger partial charge in [0, 0.05) is 25.2 Å². The highest BCUT2D eigenvalue weighted by Gasteiger charge is 2.28. The zero-order valence-corrected chi connectivity index (χ0v) is 22.2. The highest BCUT2D eigenvalue weighted by molar-refractivity contribution is 7.89. The largest absolute Gasteiger partial charge is 0.383 e. The highest BCUT2D eigenvalue weighted by atomic mass is 32.2. The number of nitrogens with one attached hydrogen (secondary N) is 1. The molecule has 12 heteroatoms. The molecule has 1 fully saturated rings. The molecule has 1 amide bonds. The summed E-state index contributed by atoms with van der Waals surface area (Å²) in [6.45, 7) is 6.39. The minimum atomic E-state index is -4.03. The van der Waals surface area contributed by atoms with E-state index in [4.69, 9.17) is 10.8 Å². The number of halogens is 1. The molecule has 0 unspecified atom stereocenters. The number of carbonyl (C=O) groups is 1. The number of likely N-dealkylation sites (tertiary alicyclic amines) is 1. The van der Waals surface area contributed by atoms with E-state index in [2.05, 4.69) is 21.3 Å². The van der Waals surface area contributed by atoms with Gasteiger partial charge >= 0.3 is 0 Å². The normalized spacial score (nSPS) is 15.9. The van der Waals surface area contributed by atoms with E-state index in [0.29, 0.717) is 40.9 Å². The number of carbonyl (C=O) groups excluding carboxylic acids is 1. The van der Waals surface area contributed by atoms with Gasteiger partial charge in [-0.05, 0) is 49.1 Å². The molecule has 0 spiro atoms. The first-order valence-corrected chi connectivity index (χ1v) is 13.9. The molecule has 0 bridgehead atoms. The van der Waals surface area contributed by atoms with Crippen molar-refractivity contribution in [3.8, 4) is 11.3 Å². The molecular weight excluding hydrogens is 521 g/mol. The third kappa shape index (κ3) is 5.25. The summed E-state index contributed by atoms with van der Waals surface area (Å²) in [5.74, 6) is -0.634. The molecule has 0 saturated carbocycles. The summed E-state index contributed by atoms with van der Waals surface area (Å²) >= 11 is 0. The zero-order chi connectivity index (χ0) is 27.7. The summed E-state index contributed by atoms with van der Waals surface area (Å²) in [6, 6.07) is 11.0. The van der Waals surface area contributed by atoms with E-state index in [1.54, 1.807) is 30.0 Å². The van der Waals surface area contributed by atoms with Crippen LogP contribution in [0.2, 0.25) is 0 Å². The second-order valence-electron chi connectivity index (χ2n) is 9.49. The number of aryl methyl sites for hydroxylation is 1. The molecule has 1 aliphatic rings. The Bertz CT molecular complexity index is 1670. The number of rotatable bonds is 7. The number of hydrogen-bond donors (Lipinski definition) is 2. The SMILES string of the molecule is C=CC(=O)N1CCC[C@@H](n2nc(-c3ccc(CNS(=O)(=O)c4ccc(C)cc4F)cc3)c3c(N)ncnc32)C1. The van der Waals surface area contributed by atoms with E-state index >= 15 is 0 Å². The number of nitrogens with zero attached hydrogens (tertiary/aromatic N) is 5. The molecule has 10 nitrogen and oxygen atoms in total. The van der Waals surface area contributed by atoms with Gasteiger partial charge in [-0.3, -0.25) is 4.79 Å². The quantitative estimate of drug-likeness (QED) is 0.338. The summed E-state index contributed by atoms with van der Waals surface area (Å²) in [4.78, 5) is 22.2. The van der Waals surface area contributed by atoms with Gasteiger partial charge in [-0.1, -0.05) is 36.9 Å². The van der Waals surface area contributed by atoms with Crippen LogP contribution < -0.4 is 10.5 Å². The second-order valence-corrected chi connectivity index (χ2v) is 11.2. The predicted molar refractivity (Wildman–Crippen MR) is 145 cm³/mol. The lowest BCUT2D eigenvalue weighted by atomic mass is 10.1. The topological polar surface area (TPSA) is 136 Å². The van der Waals surface area contributed by atoms with Crippen LogP contribution >= 0.6 is 0 Å². The van der Waals surface area contributed by atoms with Crippen LogP contribution in [0.5, 0.6) is 0 Å². The van der Waals surface area contributed by atoms with E-state index in [1.165, 1.54) is 24.5 Å². The van der Waals surface area contributed by atoms with Gasteiger partial charge < -0.3 is 10.6 Å².